The lowest BCUT2D eigenvalue weighted by atomic mass is 10.1. The maximum absolute atomic E-state index is 12.2. The molecule has 6 nitrogen and oxygen atoms in total. The van der Waals surface area contributed by atoms with Crippen molar-refractivity contribution in [2.75, 3.05) is 25.5 Å². The minimum Gasteiger partial charge on any atom is -0.444 e. The van der Waals surface area contributed by atoms with Crippen LogP contribution in [0.5, 0.6) is 0 Å². The smallest absolute Gasteiger partial charge is 0.407 e. The van der Waals surface area contributed by atoms with Crippen molar-refractivity contribution in [2.45, 2.75) is 46.1 Å². The number of anilines is 1. The van der Waals surface area contributed by atoms with E-state index in [1.165, 1.54) is 0 Å². The fourth-order valence-corrected chi connectivity index (χ4v) is 1.98. The Morgan fingerprint density at radius 2 is 1.91 bits per heavy atom. The molecule has 128 valence electrons. The third-order valence-electron chi connectivity index (χ3n) is 3.08. The van der Waals surface area contributed by atoms with E-state index in [2.05, 4.69) is 10.3 Å². The number of amides is 1. The third-order valence-corrected chi connectivity index (χ3v) is 3.08. The average molecular weight is 321 g/mol. The highest BCUT2D eigenvalue weighted by atomic mass is 16.6. The Labute approximate surface area is 138 Å². The van der Waals surface area contributed by atoms with Gasteiger partial charge in [0.05, 0.1) is 5.69 Å². The van der Waals surface area contributed by atoms with E-state index in [9.17, 15) is 9.59 Å². The van der Waals surface area contributed by atoms with Crippen LogP contribution in [0.25, 0.3) is 0 Å². The minimum absolute atomic E-state index is 0.0336. The molecule has 1 aromatic heterocycles. The molecule has 1 aromatic rings. The standard InChI is InChI=1S/C17H27N3O3/c1-12-13(9-10-15(19-12)20(5)6)14(21)8-7-11-18-16(22)23-17(2,3)4/h9-10H,7-8,11H2,1-6H3,(H,18,22). The van der Waals surface area contributed by atoms with Crippen LogP contribution in [0.4, 0.5) is 10.6 Å². The van der Waals surface area contributed by atoms with Crippen LogP contribution < -0.4 is 10.2 Å². The monoisotopic (exact) mass is 321 g/mol. The average Bonchev–Trinajstić information content (AvgIpc) is 2.41. The molecule has 0 aromatic carbocycles. The number of nitrogens with one attached hydrogen (secondary N) is 1. The maximum atomic E-state index is 12.2. The van der Waals surface area contributed by atoms with Gasteiger partial charge in [0.2, 0.25) is 0 Å². The second-order valence-corrected chi connectivity index (χ2v) is 6.65. The van der Waals surface area contributed by atoms with Gasteiger partial charge in [0, 0.05) is 32.6 Å². The van der Waals surface area contributed by atoms with Crippen LogP contribution in [0, 0.1) is 6.92 Å². The van der Waals surface area contributed by atoms with Crippen LogP contribution in [-0.2, 0) is 4.74 Å². The lowest BCUT2D eigenvalue weighted by Gasteiger charge is -2.19. The first-order chi connectivity index (χ1) is 10.6. The highest BCUT2D eigenvalue weighted by molar-refractivity contribution is 5.97. The number of rotatable bonds is 6. The van der Waals surface area contributed by atoms with Crippen LogP contribution in [0.1, 0.15) is 49.7 Å². The van der Waals surface area contributed by atoms with Gasteiger partial charge in [-0.25, -0.2) is 9.78 Å². The number of hydrogen-bond acceptors (Lipinski definition) is 5. The zero-order chi connectivity index (χ0) is 17.6. The lowest BCUT2D eigenvalue weighted by Crippen LogP contribution is -2.33. The minimum atomic E-state index is -0.517. The van der Waals surface area contributed by atoms with Gasteiger partial charge in [-0.3, -0.25) is 4.79 Å². The molecule has 23 heavy (non-hydrogen) atoms. The molecule has 0 fully saturated rings. The first-order valence-corrected chi connectivity index (χ1v) is 7.75. The Bertz CT molecular complexity index is 563. The summed E-state index contributed by atoms with van der Waals surface area (Å²) in [5.41, 5.74) is 0.839. The molecule has 0 saturated heterocycles. The Morgan fingerprint density at radius 3 is 2.43 bits per heavy atom. The molecule has 0 aliphatic rings. The molecular weight excluding hydrogens is 294 g/mol. The van der Waals surface area contributed by atoms with Crippen LogP contribution in [0.3, 0.4) is 0 Å². The van der Waals surface area contributed by atoms with E-state index >= 15 is 0 Å². The Morgan fingerprint density at radius 1 is 1.26 bits per heavy atom. The largest absolute Gasteiger partial charge is 0.444 e. The van der Waals surface area contributed by atoms with Crippen LogP contribution >= 0.6 is 0 Å². The zero-order valence-electron chi connectivity index (χ0n) is 14.9. The van der Waals surface area contributed by atoms with Crippen molar-refractivity contribution in [1.82, 2.24) is 10.3 Å². The Hall–Kier alpha value is -2.11. The van der Waals surface area contributed by atoms with Crippen molar-refractivity contribution in [1.29, 1.82) is 0 Å². The molecule has 0 saturated carbocycles. The van der Waals surface area contributed by atoms with E-state index in [-0.39, 0.29) is 5.78 Å². The topological polar surface area (TPSA) is 71.5 Å². The molecule has 1 rings (SSSR count). The number of ketones is 1. The Balaban J connectivity index is 2.44. The van der Waals surface area contributed by atoms with E-state index in [1.54, 1.807) is 6.07 Å². The first kappa shape index (κ1) is 18.9. The number of aromatic nitrogens is 1. The molecule has 0 radical (unpaired) electrons. The van der Waals surface area contributed by atoms with Gasteiger partial charge < -0.3 is 15.0 Å². The lowest BCUT2D eigenvalue weighted by molar-refractivity contribution is 0.0525. The van der Waals surface area contributed by atoms with E-state index in [0.717, 1.165) is 11.5 Å². The van der Waals surface area contributed by atoms with Crippen molar-refractivity contribution in [3.63, 3.8) is 0 Å². The van der Waals surface area contributed by atoms with Crippen molar-refractivity contribution < 1.29 is 14.3 Å². The molecule has 0 atom stereocenters. The number of ether oxygens (including phenoxy) is 1. The number of alkyl carbamates (subject to hydrolysis) is 1. The van der Waals surface area contributed by atoms with Gasteiger partial charge in [-0.15, -0.1) is 0 Å². The summed E-state index contributed by atoms with van der Waals surface area (Å²) in [6, 6.07) is 3.64. The van der Waals surface area contributed by atoms with Crippen molar-refractivity contribution in [2.24, 2.45) is 0 Å². The number of Topliss-reactive ketones (excluding diaryl/α,β-unsaturated/α-hetero) is 1. The van der Waals surface area contributed by atoms with E-state index < -0.39 is 11.7 Å². The van der Waals surface area contributed by atoms with Gasteiger partial charge in [-0.2, -0.15) is 0 Å². The quantitative estimate of drug-likeness (QED) is 0.644. The summed E-state index contributed by atoms with van der Waals surface area (Å²) in [5, 5.41) is 2.65. The molecule has 0 aliphatic carbocycles. The summed E-state index contributed by atoms with van der Waals surface area (Å²) < 4.78 is 5.13. The molecule has 0 bridgehead atoms. The molecule has 1 N–H and O–H groups in total. The fourth-order valence-electron chi connectivity index (χ4n) is 1.98. The normalized spacial score (nSPS) is 11.0. The Kier molecular flexibility index (Phi) is 6.54. The van der Waals surface area contributed by atoms with Crippen molar-refractivity contribution in [3.8, 4) is 0 Å². The summed E-state index contributed by atoms with van der Waals surface area (Å²) in [6.07, 6.45) is 0.463. The number of carbonyl (C=O) groups excluding carboxylic acids is 2. The van der Waals surface area contributed by atoms with Crippen LogP contribution in [0.2, 0.25) is 0 Å². The summed E-state index contributed by atoms with van der Waals surface area (Å²) in [4.78, 5) is 30.0. The third kappa shape index (κ3) is 6.67. The second-order valence-electron chi connectivity index (χ2n) is 6.65. The maximum Gasteiger partial charge on any atom is 0.407 e. The van der Waals surface area contributed by atoms with Crippen LogP contribution in [0.15, 0.2) is 12.1 Å². The van der Waals surface area contributed by atoms with Gasteiger partial charge in [0.25, 0.3) is 0 Å². The van der Waals surface area contributed by atoms with Gasteiger partial charge in [-0.05, 0) is 46.2 Å². The van der Waals surface area contributed by atoms with Crippen molar-refractivity contribution in [3.05, 3.63) is 23.4 Å². The zero-order valence-corrected chi connectivity index (χ0v) is 14.9. The van der Waals surface area contributed by atoms with Gasteiger partial charge in [0.15, 0.2) is 5.78 Å². The number of carbonyl (C=O) groups is 2. The molecular formula is C17H27N3O3. The summed E-state index contributed by atoms with van der Waals surface area (Å²) in [7, 11) is 3.82. The number of pyridine rings is 1. The molecule has 1 amide bonds. The SMILES string of the molecule is Cc1nc(N(C)C)ccc1C(=O)CCCNC(=O)OC(C)(C)C. The van der Waals surface area contributed by atoms with Gasteiger partial charge >= 0.3 is 6.09 Å². The first-order valence-electron chi connectivity index (χ1n) is 7.75. The van der Waals surface area contributed by atoms with Gasteiger partial charge in [0.1, 0.15) is 11.4 Å². The van der Waals surface area contributed by atoms with Gasteiger partial charge in [-0.1, -0.05) is 0 Å². The number of hydrogen-bond donors (Lipinski definition) is 1. The van der Waals surface area contributed by atoms with Crippen molar-refractivity contribution >= 4 is 17.7 Å². The summed E-state index contributed by atoms with van der Waals surface area (Å²) in [6.45, 7) is 7.66. The highest BCUT2D eigenvalue weighted by Crippen LogP contribution is 2.15. The molecule has 0 aliphatic heterocycles. The summed E-state index contributed by atoms with van der Waals surface area (Å²) in [5.74, 6) is 0.858. The number of aryl methyl sites for hydroxylation is 1. The van der Waals surface area contributed by atoms with Crippen LogP contribution in [-0.4, -0.2) is 43.1 Å². The molecule has 0 unspecified atom stereocenters. The molecule has 6 heteroatoms. The van der Waals surface area contributed by atoms with E-state index in [1.807, 2.05) is 52.8 Å². The molecule has 1 heterocycles. The fraction of sp³-hybridized carbons (Fsp3) is 0.588. The van der Waals surface area contributed by atoms with E-state index in [4.69, 9.17) is 4.74 Å². The predicted octanol–water partition coefficient (Wildman–Crippen LogP) is 2.94. The highest BCUT2D eigenvalue weighted by Gasteiger charge is 2.16. The predicted molar refractivity (Wildman–Crippen MR) is 91.1 cm³/mol. The summed E-state index contributed by atoms with van der Waals surface area (Å²) >= 11 is 0. The second kappa shape index (κ2) is 7.94. The molecule has 0 spiro atoms. The van der Waals surface area contributed by atoms with E-state index in [0.29, 0.717) is 24.9 Å². The number of nitrogens with zero attached hydrogens (tertiary/aromatic N) is 2.